The Morgan fingerprint density at radius 2 is 2.00 bits per heavy atom. The molecule has 0 aromatic heterocycles. The highest BCUT2D eigenvalue weighted by atomic mass is 35.5. The average molecular weight is 283 g/mol. The molecule has 1 fully saturated rings. The van der Waals surface area contributed by atoms with Crippen molar-refractivity contribution in [2.45, 2.75) is 31.7 Å². The fourth-order valence-electron chi connectivity index (χ4n) is 2.49. The first-order valence-electron chi connectivity index (χ1n) is 6.77. The van der Waals surface area contributed by atoms with E-state index in [0.717, 1.165) is 37.9 Å². The molecule has 1 aliphatic heterocycles. The number of amides is 1. The monoisotopic (exact) mass is 282 g/mol. The van der Waals surface area contributed by atoms with Crippen LogP contribution in [0.2, 0.25) is 0 Å². The van der Waals surface area contributed by atoms with E-state index < -0.39 is 0 Å². The molecule has 4 heteroatoms. The van der Waals surface area contributed by atoms with Crippen LogP contribution in [0.3, 0.4) is 0 Å². The minimum atomic E-state index is 0. The summed E-state index contributed by atoms with van der Waals surface area (Å²) in [6, 6.07) is 10.4. The van der Waals surface area contributed by atoms with E-state index in [2.05, 4.69) is 5.32 Å². The highest BCUT2D eigenvalue weighted by molar-refractivity contribution is 5.85. The normalized spacial score (nSPS) is 19.1. The van der Waals surface area contributed by atoms with Crippen molar-refractivity contribution in [3.8, 4) is 0 Å². The molecule has 1 amide bonds. The van der Waals surface area contributed by atoms with Gasteiger partial charge in [0.25, 0.3) is 0 Å². The number of carbonyl (C=O) groups excluding carboxylic acids is 1. The number of rotatable bonds is 3. The molecule has 0 aliphatic carbocycles. The van der Waals surface area contributed by atoms with Crippen LogP contribution in [0.4, 0.5) is 0 Å². The van der Waals surface area contributed by atoms with Gasteiger partial charge in [-0.05, 0) is 37.9 Å². The third-order valence-electron chi connectivity index (χ3n) is 3.68. The maximum Gasteiger partial charge on any atom is 0.226 e. The number of hydrogen-bond donors (Lipinski definition) is 1. The second kappa shape index (κ2) is 8.18. The van der Waals surface area contributed by atoms with Gasteiger partial charge in [-0.3, -0.25) is 4.79 Å². The summed E-state index contributed by atoms with van der Waals surface area (Å²) in [5.74, 6) is 0.230. The van der Waals surface area contributed by atoms with E-state index in [0.29, 0.717) is 12.5 Å². The van der Waals surface area contributed by atoms with Crippen LogP contribution in [-0.4, -0.2) is 37.0 Å². The molecule has 1 aromatic rings. The van der Waals surface area contributed by atoms with Crippen molar-refractivity contribution in [3.63, 3.8) is 0 Å². The van der Waals surface area contributed by atoms with Crippen LogP contribution in [-0.2, 0) is 11.2 Å². The first-order chi connectivity index (χ1) is 8.77. The van der Waals surface area contributed by atoms with E-state index in [4.69, 9.17) is 0 Å². The van der Waals surface area contributed by atoms with Crippen molar-refractivity contribution >= 4 is 18.3 Å². The Bertz CT molecular complexity index is 375. The topological polar surface area (TPSA) is 32.3 Å². The van der Waals surface area contributed by atoms with Gasteiger partial charge in [-0.1, -0.05) is 30.3 Å². The lowest BCUT2D eigenvalue weighted by molar-refractivity contribution is -0.131. The van der Waals surface area contributed by atoms with Crippen LogP contribution in [0.25, 0.3) is 0 Å². The van der Waals surface area contributed by atoms with Gasteiger partial charge in [-0.25, -0.2) is 0 Å². The van der Waals surface area contributed by atoms with Crippen molar-refractivity contribution < 1.29 is 4.79 Å². The molecule has 1 aliphatic rings. The standard InChI is InChI=1S/C15H22N2O.ClH/c1-17(14-8-5-10-16-11-9-14)15(18)12-13-6-3-2-4-7-13;/h2-4,6-7,14,16H,5,8-12H2,1H3;1H. The predicted molar refractivity (Wildman–Crippen MR) is 80.7 cm³/mol. The summed E-state index contributed by atoms with van der Waals surface area (Å²) >= 11 is 0. The minimum Gasteiger partial charge on any atom is -0.342 e. The Balaban J connectivity index is 0.00000180. The molecule has 1 unspecified atom stereocenters. The molecule has 1 N–H and O–H groups in total. The van der Waals surface area contributed by atoms with Crippen LogP contribution in [0, 0.1) is 0 Å². The molecule has 1 atom stereocenters. The summed E-state index contributed by atoms with van der Waals surface area (Å²) < 4.78 is 0. The summed E-state index contributed by atoms with van der Waals surface area (Å²) in [5, 5.41) is 3.38. The molecule has 1 heterocycles. The van der Waals surface area contributed by atoms with Crippen LogP contribution in [0.5, 0.6) is 0 Å². The smallest absolute Gasteiger partial charge is 0.226 e. The van der Waals surface area contributed by atoms with Gasteiger partial charge >= 0.3 is 0 Å². The van der Waals surface area contributed by atoms with E-state index in [9.17, 15) is 4.79 Å². The lowest BCUT2D eigenvalue weighted by Gasteiger charge is -2.27. The molecule has 19 heavy (non-hydrogen) atoms. The highest BCUT2D eigenvalue weighted by Crippen LogP contribution is 2.13. The first-order valence-corrected chi connectivity index (χ1v) is 6.77. The zero-order chi connectivity index (χ0) is 12.8. The van der Waals surface area contributed by atoms with Crippen LogP contribution >= 0.6 is 12.4 Å². The predicted octanol–water partition coefficient (Wildman–Crippen LogP) is 2.25. The fourth-order valence-corrected chi connectivity index (χ4v) is 2.49. The Kier molecular flexibility index (Phi) is 6.89. The van der Waals surface area contributed by atoms with E-state index in [-0.39, 0.29) is 18.3 Å². The number of hydrogen-bond acceptors (Lipinski definition) is 2. The van der Waals surface area contributed by atoms with E-state index in [1.54, 1.807) is 0 Å². The van der Waals surface area contributed by atoms with Crippen LogP contribution in [0.15, 0.2) is 30.3 Å². The van der Waals surface area contributed by atoms with Crippen molar-refractivity contribution in [1.82, 2.24) is 10.2 Å². The third kappa shape index (κ3) is 4.84. The third-order valence-corrected chi connectivity index (χ3v) is 3.68. The second-order valence-corrected chi connectivity index (χ2v) is 5.00. The van der Waals surface area contributed by atoms with Gasteiger partial charge in [0.2, 0.25) is 5.91 Å². The number of likely N-dealkylation sites (N-methyl/N-ethyl adjacent to an activating group) is 1. The quantitative estimate of drug-likeness (QED) is 0.922. The van der Waals surface area contributed by atoms with E-state index in [1.165, 1.54) is 0 Å². The maximum atomic E-state index is 12.2. The van der Waals surface area contributed by atoms with Crippen molar-refractivity contribution in [2.75, 3.05) is 20.1 Å². The lowest BCUT2D eigenvalue weighted by Crippen LogP contribution is -2.38. The molecule has 0 radical (unpaired) electrons. The Hall–Kier alpha value is -1.06. The molecular weight excluding hydrogens is 260 g/mol. The van der Waals surface area contributed by atoms with Gasteiger partial charge in [0.1, 0.15) is 0 Å². The number of nitrogens with zero attached hydrogens (tertiary/aromatic N) is 1. The van der Waals surface area contributed by atoms with Gasteiger partial charge in [0, 0.05) is 13.1 Å². The van der Waals surface area contributed by atoms with Crippen LogP contribution < -0.4 is 5.32 Å². The number of nitrogens with one attached hydrogen (secondary N) is 1. The summed E-state index contributed by atoms with van der Waals surface area (Å²) in [4.78, 5) is 14.2. The SMILES string of the molecule is CN(C(=O)Cc1ccccc1)C1CCCNCC1.Cl. The second-order valence-electron chi connectivity index (χ2n) is 5.00. The van der Waals surface area contributed by atoms with Crippen molar-refractivity contribution in [2.24, 2.45) is 0 Å². The Morgan fingerprint density at radius 3 is 2.74 bits per heavy atom. The fraction of sp³-hybridized carbons (Fsp3) is 0.533. The lowest BCUT2D eigenvalue weighted by atomic mass is 10.1. The average Bonchev–Trinajstić information content (AvgIpc) is 2.68. The Morgan fingerprint density at radius 1 is 1.26 bits per heavy atom. The maximum absolute atomic E-state index is 12.2. The Labute approximate surface area is 121 Å². The number of carbonyl (C=O) groups is 1. The van der Waals surface area contributed by atoms with Gasteiger partial charge in [-0.15, -0.1) is 12.4 Å². The summed E-state index contributed by atoms with van der Waals surface area (Å²) in [7, 11) is 1.95. The molecule has 2 rings (SSSR count). The largest absolute Gasteiger partial charge is 0.342 e. The zero-order valence-electron chi connectivity index (χ0n) is 11.5. The number of halogens is 1. The molecule has 3 nitrogen and oxygen atoms in total. The van der Waals surface area contributed by atoms with Gasteiger partial charge in [0.05, 0.1) is 6.42 Å². The molecule has 0 spiro atoms. The molecule has 106 valence electrons. The molecular formula is C15H23ClN2O. The van der Waals surface area contributed by atoms with Gasteiger partial charge in [0.15, 0.2) is 0 Å². The molecule has 0 bridgehead atoms. The summed E-state index contributed by atoms with van der Waals surface area (Å²) in [6.07, 6.45) is 3.86. The van der Waals surface area contributed by atoms with E-state index >= 15 is 0 Å². The molecule has 1 saturated heterocycles. The van der Waals surface area contributed by atoms with Gasteiger partial charge < -0.3 is 10.2 Å². The van der Waals surface area contributed by atoms with Crippen molar-refractivity contribution in [1.29, 1.82) is 0 Å². The van der Waals surface area contributed by atoms with Crippen LogP contribution in [0.1, 0.15) is 24.8 Å². The van der Waals surface area contributed by atoms with Gasteiger partial charge in [-0.2, -0.15) is 0 Å². The summed E-state index contributed by atoms with van der Waals surface area (Å²) in [5.41, 5.74) is 1.10. The first kappa shape index (κ1) is 16.0. The summed E-state index contributed by atoms with van der Waals surface area (Å²) in [6.45, 7) is 2.10. The minimum absolute atomic E-state index is 0. The number of benzene rings is 1. The zero-order valence-corrected chi connectivity index (χ0v) is 12.3. The molecule has 0 saturated carbocycles. The van der Waals surface area contributed by atoms with Crippen molar-refractivity contribution in [3.05, 3.63) is 35.9 Å². The molecule has 1 aromatic carbocycles. The van der Waals surface area contributed by atoms with E-state index in [1.807, 2.05) is 42.3 Å². The highest BCUT2D eigenvalue weighted by Gasteiger charge is 2.20.